The summed E-state index contributed by atoms with van der Waals surface area (Å²) >= 11 is 0. The summed E-state index contributed by atoms with van der Waals surface area (Å²) < 4.78 is 0. The van der Waals surface area contributed by atoms with E-state index in [-0.39, 0.29) is 20.6 Å². The van der Waals surface area contributed by atoms with Gasteiger partial charge in [0.05, 0.1) is 0 Å². The minimum atomic E-state index is -0.0488. The molecule has 0 bridgehead atoms. The molecule has 0 radical (unpaired) electrons. The Morgan fingerprint density at radius 3 is 2.07 bits per heavy atom. The van der Waals surface area contributed by atoms with Gasteiger partial charge in [-0.3, -0.25) is 14.4 Å². The zero-order chi connectivity index (χ0) is 22.3. The number of nitrogens with zero attached hydrogens (tertiary/aromatic N) is 1. The molecule has 0 fully saturated rings. The fourth-order valence-corrected chi connectivity index (χ4v) is 2.61. The van der Waals surface area contributed by atoms with Gasteiger partial charge in [0.2, 0.25) is 17.7 Å². The van der Waals surface area contributed by atoms with Gasteiger partial charge in [-0.25, -0.2) is 0 Å². The highest BCUT2D eigenvalue weighted by molar-refractivity contribution is 5.87. The van der Waals surface area contributed by atoms with Crippen LogP contribution >= 0.6 is 0 Å². The average molecular weight is 417 g/mol. The minimum absolute atomic E-state index is 0. The molecule has 0 aromatic rings. The largest absolute Gasteiger partial charge is 0.356 e. The second-order valence-corrected chi connectivity index (χ2v) is 6.49. The van der Waals surface area contributed by atoms with Crippen LogP contribution in [0.2, 0.25) is 0 Å². The summed E-state index contributed by atoms with van der Waals surface area (Å²) in [6, 6.07) is 0. The number of likely N-dealkylation sites (N-methyl/N-ethyl adjacent to an activating group) is 2. The van der Waals surface area contributed by atoms with Gasteiger partial charge in [0.1, 0.15) is 0 Å². The molecule has 0 aliphatic rings. The van der Waals surface area contributed by atoms with E-state index in [1.165, 1.54) is 6.08 Å². The van der Waals surface area contributed by atoms with Gasteiger partial charge in [-0.2, -0.15) is 0 Å². The third-order valence-electron chi connectivity index (χ3n) is 4.20. The Balaban J connectivity index is -0.000000882. The van der Waals surface area contributed by atoms with Crippen LogP contribution in [0.25, 0.3) is 0 Å². The van der Waals surface area contributed by atoms with Crippen LogP contribution in [0.15, 0.2) is 12.2 Å². The van der Waals surface area contributed by atoms with Crippen LogP contribution in [-0.4, -0.2) is 62.4 Å². The van der Waals surface area contributed by atoms with E-state index in [1.807, 2.05) is 39.6 Å². The smallest absolute Gasteiger partial charge is 0.243 e. The second-order valence-electron chi connectivity index (χ2n) is 6.49. The Bertz CT molecular complexity index is 464. The van der Waals surface area contributed by atoms with Crippen molar-refractivity contribution in [2.75, 3.05) is 39.8 Å². The minimum Gasteiger partial charge on any atom is -0.356 e. The predicted molar refractivity (Wildman–Crippen MR) is 125 cm³/mol. The van der Waals surface area contributed by atoms with Crippen molar-refractivity contribution in [3.8, 4) is 0 Å². The van der Waals surface area contributed by atoms with E-state index in [0.29, 0.717) is 45.4 Å². The maximum Gasteiger partial charge on any atom is 0.243 e. The van der Waals surface area contributed by atoms with E-state index in [1.54, 1.807) is 6.08 Å². The fraction of sp³-hybridized carbons (Fsp3) is 0.773. The van der Waals surface area contributed by atoms with Crippen LogP contribution in [0.5, 0.6) is 0 Å². The second kappa shape index (κ2) is 22.4. The Labute approximate surface area is 181 Å². The van der Waals surface area contributed by atoms with Crippen molar-refractivity contribution in [1.29, 1.82) is 0 Å². The molecule has 0 unspecified atom stereocenters. The third-order valence-corrected chi connectivity index (χ3v) is 4.20. The molecule has 29 heavy (non-hydrogen) atoms. The molecule has 0 aliphatic carbocycles. The molecule has 0 rings (SSSR count). The molecule has 3 N–H and O–H groups in total. The Hall–Kier alpha value is -1.89. The molecule has 0 spiro atoms. The van der Waals surface area contributed by atoms with Gasteiger partial charge in [-0.1, -0.05) is 32.8 Å². The van der Waals surface area contributed by atoms with E-state index >= 15 is 0 Å². The topological polar surface area (TPSA) is 90.5 Å². The van der Waals surface area contributed by atoms with Crippen LogP contribution in [0.3, 0.4) is 0 Å². The Morgan fingerprint density at radius 1 is 0.897 bits per heavy atom. The van der Waals surface area contributed by atoms with Crippen molar-refractivity contribution >= 4 is 17.7 Å². The first-order valence-corrected chi connectivity index (χ1v) is 11.1. The summed E-state index contributed by atoms with van der Waals surface area (Å²) in [6.45, 7) is 11.3. The van der Waals surface area contributed by atoms with Gasteiger partial charge in [-0.15, -0.1) is 0 Å². The van der Waals surface area contributed by atoms with Crippen molar-refractivity contribution < 1.29 is 17.2 Å². The molecule has 0 aliphatic heterocycles. The van der Waals surface area contributed by atoms with Crippen molar-refractivity contribution in [3.05, 3.63) is 12.2 Å². The highest BCUT2D eigenvalue weighted by Gasteiger charge is 2.11. The molecule has 0 aromatic heterocycles. The zero-order valence-corrected chi connectivity index (χ0v) is 19.3. The lowest BCUT2D eigenvalue weighted by atomic mass is 10.2. The normalized spacial score (nSPS) is 10.2. The van der Waals surface area contributed by atoms with Gasteiger partial charge >= 0.3 is 0 Å². The monoisotopic (exact) mass is 416 g/mol. The summed E-state index contributed by atoms with van der Waals surface area (Å²) in [5.41, 5.74) is 0. The van der Waals surface area contributed by atoms with E-state index < -0.39 is 0 Å². The lowest BCUT2D eigenvalue weighted by Gasteiger charge is -2.20. The predicted octanol–water partition coefficient (Wildman–Crippen LogP) is 3.11. The maximum absolute atomic E-state index is 12.1. The van der Waals surface area contributed by atoms with E-state index in [9.17, 15) is 14.4 Å². The summed E-state index contributed by atoms with van der Waals surface area (Å²) in [7, 11) is 1.87. The van der Waals surface area contributed by atoms with Gasteiger partial charge < -0.3 is 20.9 Å². The first-order chi connectivity index (χ1) is 14.0. The molecule has 0 saturated carbocycles. The quantitative estimate of drug-likeness (QED) is 0.266. The number of hydrogen-bond acceptors (Lipinski definition) is 4. The molecule has 7 nitrogen and oxygen atoms in total. The lowest BCUT2D eigenvalue weighted by molar-refractivity contribution is -0.131. The highest BCUT2D eigenvalue weighted by Crippen LogP contribution is 2.02. The Morgan fingerprint density at radius 2 is 1.52 bits per heavy atom. The van der Waals surface area contributed by atoms with Crippen LogP contribution < -0.4 is 16.0 Å². The van der Waals surface area contributed by atoms with Crippen molar-refractivity contribution in [2.45, 2.75) is 72.6 Å². The fourth-order valence-electron chi connectivity index (χ4n) is 2.61. The molecular weight excluding hydrogens is 368 g/mol. The van der Waals surface area contributed by atoms with Crippen molar-refractivity contribution in [2.24, 2.45) is 0 Å². The molecular formula is C22H48N4O3. The molecule has 0 aromatic carbocycles. The Kier molecular flexibility index (Phi) is 22.6. The number of carbonyl (C=O) groups excluding carboxylic acids is 3. The summed E-state index contributed by atoms with van der Waals surface area (Å²) in [5, 5.41) is 8.76. The molecule has 7 heteroatoms. The average Bonchev–Trinajstić information content (AvgIpc) is 2.72. The maximum atomic E-state index is 12.1. The van der Waals surface area contributed by atoms with E-state index in [0.717, 1.165) is 32.2 Å². The number of unbranched alkanes of at least 4 members (excludes halogenated alkanes) is 3. The number of amides is 3. The highest BCUT2D eigenvalue weighted by atomic mass is 16.2. The first kappa shape index (κ1) is 29.3. The SMILES string of the molecule is C/C=C/C(=O)NCCCCCCNC(=O)CCCC(=O)N(CC)CCNC.CC.[HH].[HH]. The third kappa shape index (κ3) is 19.2. The van der Waals surface area contributed by atoms with Crippen LogP contribution in [0.1, 0.15) is 75.5 Å². The first-order valence-electron chi connectivity index (χ1n) is 11.1. The molecule has 0 atom stereocenters. The lowest BCUT2D eigenvalue weighted by Crippen LogP contribution is -2.36. The molecule has 3 amide bonds. The number of allylic oxidation sites excluding steroid dienone is 1. The molecule has 0 heterocycles. The van der Waals surface area contributed by atoms with Crippen LogP contribution in [0, 0.1) is 0 Å². The van der Waals surface area contributed by atoms with Crippen molar-refractivity contribution in [1.82, 2.24) is 20.9 Å². The van der Waals surface area contributed by atoms with E-state index in [4.69, 9.17) is 0 Å². The van der Waals surface area contributed by atoms with E-state index in [2.05, 4.69) is 16.0 Å². The molecule has 174 valence electrons. The number of hydrogen-bond donors (Lipinski definition) is 3. The standard InChI is InChI=1S/C20H38N4O3.C2H6.2H2/c1-4-11-18(25)22-14-8-6-7-9-15-23-19(26)12-10-13-20(27)24(5-2)17-16-21-3;1-2;;/h4,11,21H,5-10,12-17H2,1-3H3,(H,22,25)(H,23,26);1-2H3;2*1H/b11-4+;;;. The van der Waals surface area contributed by atoms with Gasteiger partial charge in [0.15, 0.2) is 0 Å². The van der Waals surface area contributed by atoms with Crippen molar-refractivity contribution in [3.63, 3.8) is 0 Å². The van der Waals surface area contributed by atoms with Crippen LogP contribution in [0.4, 0.5) is 0 Å². The van der Waals surface area contributed by atoms with Crippen LogP contribution in [-0.2, 0) is 14.4 Å². The summed E-state index contributed by atoms with van der Waals surface area (Å²) in [6.07, 6.45) is 8.57. The summed E-state index contributed by atoms with van der Waals surface area (Å²) in [5.74, 6) is 0.0779. The van der Waals surface area contributed by atoms with Gasteiger partial charge in [0.25, 0.3) is 0 Å². The number of nitrogens with one attached hydrogen (secondary N) is 3. The van der Waals surface area contributed by atoms with Gasteiger partial charge in [-0.05, 0) is 46.2 Å². The summed E-state index contributed by atoms with van der Waals surface area (Å²) in [4.78, 5) is 36.9. The molecule has 0 saturated heterocycles. The number of carbonyl (C=O) groups is 3. The van der Waals surface area contributed by atoms with Gasteiger partial charge in [0, 0.05) is 48.4 Å². The number of rotatable bonds is 16. The zero-order valence-electron chi connectivity index (χ0n) is 19.3.